The van der Waals surface area contributed by atoms with E-state index in [4.69, 9.17) is 0 Å². The third-order valence-corrected chi connectivity index (χ3v) is 3.28. The lowest BCUT2D eigenvalue weighted by atomic mass is 10.1. The molecule has 20 heavy (non-hydrogen) atoms. The van der Waals surface area contributed by atoms with E-state index in [1.165, 1.54) is 30.5 Å². The molecule has 0 aliphatic carbocycles. The Hall–Kier alpha value is -2.43. The van der Waals surface area contributed by atoms with E-state index < -0.39 is 0 Å². The maximum absolute atomic E-state index is 12.9. The number of halogens is 1. The molecule has 0 unspecified atom stereocenters. The van der Waals surface area contributed by atoms with Gasteiger partial charge in [0, 0.05) is 19.3 Å². The minimum absolute atomic E-state index is 0.199. The standard InChI is InChI=1S/C15H15FN2O2/c1-10(11-3-6-13(16)7-4-11)18(2)15(20)12-5-8-14(19)17-9-12/h3-10H,1-2H3,(H,17,19)/t10-/m1/s1. The first-order valence-electron chi connectivity index (χ1n) is 6.20. The van der Waals surface area contributed by atoms with Crippen molar-refractivity contribution in [1.82, 2.24) is 9.88 Å². The number of aromatic nitrogens is 1. The van der Waals surface area contributed by atoms with Crippen LogP contribution in [-0.2, 0) is 0 Å². The monoisotopic (exact) mass is 274 g/mol. The molecule has 0 aliphatic heterocycles. The Morgan fingerprint density at radius 3 is 2.40 bits per heavy atom. The molecular weight excluding hydrogens is 259 g/mol. The minimum atomic E-state index is -0.310. The number of hydrogen-bond donors (Lipinski definition) is 1. The van der Waals surface area contributed by atoms with Gasteiger partial charge in [-0.2, -0.15) is 0 Å². The Morgan fingerprint density at radius 2 is 1.85 bits per heavy atom. The molecule has 1 aromatic carbocycles. The zero-order valence-electron chi connectivity index (χ0n) is 11.3. The average Bonchev–Trinajstić information content (AvgIpc) is 2.46. The molecule has 1 heterocycles. The summed E-state index contributed by atoms with van der Waals surface area (Å²) in [5.41, 5.74) is 0.989. The van der Waals surface area contributed by atoms with Crippen LogP contribution in [0, 0.1) is 5.82 Å². The molecule has 104 valence electrons. The van der Waals surface area contributed by atoms with Crippen molar-refractivity contribution in [1.29, 1.82) is 0 Å². The number of H-pyrrole nitrogens is 1. The quantitative estimate of drug-likeness (QED) is 0.934. The number of nitrogens with zero attached hydrogens (tertiary/aromatic N) is 1. The van der Waals surface area contributed by atoms with Crippen molar-refractivity contribution >= 4 is 5.91 Å². The Bertz CT molecular complexity index is 644. The van der Waals surface area contributed by atoms with Gasteiger partial charge in [-0.3, -0.25) is 9.59 Å². The summed E-state index contributed by atoms with van der Waals surface area (Å²) < 4.78 is 12.9. The first-order valence-corrected chi connectivity index (χ1v) is 6.20. The van der Waals surface area contributed by atoms with Gasteiger partial charge in [0.15, 0.2) is 0 Å². The van der Waals surface area contributed by atoms with Crippen LogP contribution in [-0.4, -0.2) is 22.8 Å². The largest absolute Gasteiger partial charge is 0.335 e. The summed E-state index contributed by atoms with van der Waals surface area (Å²) in [6, 6.07) is 8.62. The molecule has 4 nitrogen and oxygen atoms in total. The van der Waals surface area contributed by atoms with E-state index in [1.807, 2.05) is 6.92 Å². The second kappa shape index (κ2) is 5.69. The maximum atomic E-state index is 12.9. The predicted octanol–water partition coefficient (Wildman–Crippen LogP) is 2.35. The third-order valence-electron chi connectivity index (χ3n) is 3.28. The first-order chi connectivity index (χ1) is 9.49. The van der Waals surface area contributed by atoms with Crippen LogP contribution in [0.2, 0.25) is 0 Å². The summed E-state index contributed by atoms with van der Waals surface area (Å²) in [7, 11) is 1.67. The molecule has 0 radical (unpaired) electrons. The Morgan fingerprint density at radius 1 is 1.20 bits per heavy atom. The van der Waals surface area contributed by atoms with Gasteiger partial charge in [-0.15, -0.1) is 0 Å². The van der Waals surface area contributed by atoms with Crippen molar-refractivity contribution in [3.8, 4) is 0 Å². The third kappa shape index (κ3) is 2.93. The molecule has 0 saturated carbocycles. The highest BCUT2D eigenvalue weighted by molar-refractivity contribution is 5.93. The molecule has 0 saturated heterocycles. The van der Waals surface area contributed by atoms with Gasteiger partial charge >= 0.3 is 0 Å². The van der Waals surface area contributed by atoms with Crippen LogP contribution in [0.15, 0.2) is 47.4 Å². The Labute approximate surface area is 115 Å². The van der Waals surface area contributed by atoms with Gasteiger partial charge < -0.3 is 9.88 Å². The van der Waals surface area contributed by atoms with Crippen LogP contribution in [0.4, 0.5) is 4.39 Å². The van der Waals surface area contributed by atoms with Crippen LogP contribution in [0.5, 0.6) is 0 Å². The topological polar surface area (TPSA) is 53.2 Å². The fraction of sp³-hybridized carbons (Fsp3) is 0.200. The molecule has 1 aromatic heterocycles. The molecule has 0 fully saturated rings. The number of pyridine rings is 1. The van der Waals surface area contributed by atoms with Gasteiger partial charge in [0.05, 0.1) is 11.6 Å². The van der Waals surface area contributed by atoms with Crippen molar-refractivity contribution < 1.29 is 9.18 Å². The maximum Gasteiger partial charge on any atom is 0.255 e. The first kappa shape index (κ1) is 14.0. The summed E-state index contributed by atoms with van der Waals surface area (Å²) in [5, 5.41) is 0. The second-order valence-corrected chi connectivity index (χ2v) is 4.59. The highest BCUT2D eigenvalue weighted by Gasteiger charge is 2.18. The van der Waals surface area contributed by atoms with Gasteiger partial charge in [0.2, 0.25) is 5.56 Å². The number of benzene rings is 1. The van der Waals surface area contributed by atoms with E-state index in [9.17, 15) is 14.0 Å². The van der Waals surface area contributed by atoms with Crippen LogP contribution < -0.4 is 5.56 Å². The van der Waals surface area contributed by atoms with Gasteiger partial charge in [-0.25, -0.2) is 4.39 Å². The summed E-state index contributed by atoms with van der Waals surface area (Å²) in [4.78, 5) is 27.3. The molecule has 2 rings (SSSR count). The summed E-state index contributed by atoms with van der Waals surface area (Å²) in [5.74, 6) is -0.520. The molecule has 2 aromatic rings. The zero-order chi connectivity index (χ0) is 14.7. The molecule has 1 atom stereocenters. The van der Waals surface area contributed by atoms with Crippen molar-refractivity contribution in [2.45, 2.75) is 13.0 Å². The zero-order valence-corrected chi connectivity index (χ0v) is 11.3. The fourth-order valence-electron chi connectivity index (χ4n) is 1.89. The molecule has 0 bridgehead atoms. The smallest absolute Gasteiger partial charge is 0.255 e. The number of aromatic amines is 1. The van der Waals surface area contributed by atoms with E-state index in [0.29, 0.717) is 5.56 Å². The Balaban J connectivity index is 2.19. The number of carbonyl (C=O) groups excluding carboxylic acids is 1. The number of nitrogens with one attached hydrogen (secondary N) is 1. The van der Waals surface area contributed by atoms with Crippen molar-refractivity contribution in [3.63, 3.8) is 0 Å². The van der Waals surface area contributed by atoms with Gasteiger partial charge in [-0.1, -0.05) is 12.1 Å². The van der Waals surface area contributed by atoms with Crippen LogP contribution >= 0.6 is 0 Å². The SMILES string of the molecule is C[C@H](c1ccc(F)cc1)N(C)C(=O)c1ccc(=O)[nH]c1. The molecule has 1 N–H and O–H groups in total. The summed E-state index contributed by atoms with van der Waals surface area (Å²) in [6.07, 6.45) is 1.39. The molecule has 0 spiro atoms. The number of amides is 1. The van der Waals surface area contributed by atoms with Gasteiger partial charge in [0.25, 0.3) is 5.91 Å². The lowest BCUT2D eigenvalue weighted by molar-refractivity contribution is 0.0742. The van der Waals surface area contributed by atoms with Crippen molar-refractivity contribution in [2.75, 3.05) is 7.05 Å². The van der Waals surface area contributed by atoms with Crippen molar-refractivity contribution in [2.24, 2.45) is 0 Å². The fourth-order valence-corrected chi connectivity index (χ4v) is 1.89. The average molecular weight is 274 g/mol. The van der Waals surface area contributed by atoms with Crippen LogP contribution in [0.25, 0.3) is 0 Å². The van der Waals surface area contributed by atoms with E-state index in [1.54, 1.807) is 24.1 Å². The van der Waals surface area contributed by atoms with E-state index in [2.05, 4.69) is 4.98 Å². The summed E-state index contributed by atoms with van der Waals surface area (Å²) >= 11 is 0. The number of hydrogen-bond acceptors (Lipinski definition) is 2. The lowest BCUT2D eigenvalue weighted by Gasteiger charge is -2.25. The molecule has 5 heteroatoms. The van der Waals surface area contributed by atoms with E-state index in [0.717, 1.165) is 5.56 Å². The molecular formula is C15H15FN2O2. The second-order valence-electron chi connectivity index (χ2n) is 4.59. The van der Waals surface area contributed by atoms with Gasteiger partial charge in [0.1, 0.15) is 5.82 Å². The molecule has 1 amide bonds. The normalized spacial score (nSPS) is 11.9. The predicted molar refractivity (Wildman–Crippen MR) is 74.0 cm³/mol. The lowest BCUT2D eigenvalue weighted by Crippen LogP contribution is -2.30. The van der Waals surface area contributed by atoms with Crippen molar-refractivity contribution in [3.05, 3.63) is 69.9 Å². The van der Waals surface area contributed by atoms with Gasteiger partial charge in [-0.05, 0) is 30.7 Å². The highest BCUT2D eigenvalue weighted by Crippen LogP contribution is 2.20. The van der Waals surface area contributed by atoms with E-state index >= 15 is 0 Å². The van der Waals surface area contributed by atoms with Crippen LogP contribution in [0.3, 0.4) is 0 Å². The minimum Gasteiger partial charge on any atom is -0.335 e. The number of rotatable bonds is 3. The van der Waals surface area contributed by atoms with E-state index in [-0.39, 0.29) is 23.3 Å². The highest BCUT2D eigenvalue weighted by atomic mass is 19.1. The molecule has 0 aliphatic rings. The Kier molecular flexibility index (Phi) is 3.98. The summed E-state index contributed by atoms with van der Waals surface area (Å²) in [6.45, 7) is 1.86. The number of carbonyl (C=O) groups is 1. The van der Waals surface area contributed by atoms with Crippen LogP contribution in [0.1, 0.15) is 28.9 Å².